The zero-order chi connectivity index (χ0) is 21.2. The number of esters is 2. The van der Waals surface area contributed by atoms with Crippen LogP contribution in [-0.4, -0.2) is 37.5 Å². The van der Waals surface area contributed by atoms with Crippen LogP contribution in [0.4, 0.5) is 11.4 Å². The molecule has 0 fully saturated rings. The molecule has 2 amide bonds. The first-order valence-electron chi connectivity index (χ1n) is 8.58. The number of rotatable bonds is 7. The maximum absolute atomic E-state index is 11.9. The highest BCUT2D eigenvalue weighted by atomic mass is 16.5. The van der Waals surface area contributed by atoms with Crippen molar-refractivity contribution in [3.8, 4) is 0 Å². The van der Waals surface area contributed by atoms with Crippen molar-refractivity contribution in [2.45, 2.75) is 6.92 Å². The van der Waals surface area contributed by atoms with E-state index in [0.717, 1.165) is 0 Å². The van der Waals surface area contributed by atoms with Crippen LogP contribution in [0.5, 0.6) is 0 Å². The molecule has 0 saturated carbocycles. The van der Waals surface area contributed by atoms with Crippen molar-refractivity contribution < 1.29 is 28.7 Å². The molecule has 29 heavy (non-hydrogen) atoms. The van der Waals surface area contributed by atoms with Crippen molar-refractivity contribution in [2.24, 2.45) is 0 Å². The monoisotopic (exact) mass is 396 g/mol. The van der Waals surface area contributed by atoms with Crippen molar-refractivity contribution in [2.75, 3.05) is 24.4 Å². The summed E-state index contributed by atoms with van der Waals surface area (Å²) in [5.41, 5.74) is 2.18. The molecule has 2 aromatic rings. The highest BCUT2D eigenvalue weighted by Crippen LogP contribution is 2.13. The number of carbonyl (C=O) groups is 4. The van der Waals surface area contributed by atoms with Gasteiger partial charge in [-0.15, -0.1) is 0 Å². The fourth-order valence-corrected chi connectivity index (χ4v) is 2.23. The Kier molecular flexibility index (Phi) is 7.67. The molecule has 0 spiro atoms. The standard InChI is InChI=1S/C21H20N2O6/c1-14(24)22-17-8-10-18(11-9-17)23-19(25)13-29-20(26)12-5-15-3-6-16(7-4-15)21(27)28-2/h3-12H,13H2,1-2H3,(H,22,24)(H,23,25)/b12-5+. The van der Waals surface area contributed by atoms with E-state index in [9.17, 15) is 19.2 Å². The van der Waals surface area contributed by atoms with E-state index >= 15 is 0 Å². The molecule has 0 heterocycles. The molecule has 150 valence electrons. The summed E-state index contributed by atoms with van der Waals surface area (Å²) in [4.78, 5) is 45.9. The molecule has 0 aliphatic heterocycles. The molecule has 2 rings (SSSR count). The highest BCUT2D eigenvalue weighted by molar-refractivity contribution is 5.95. The van der Waals surface area contributed by atoms with Gasteiger partial charge in [-0.1, -0.05) is 12.1 Å². The fraction of sp³-hybridized carbons (Fsp3) is 0.143. The first-order chi connectivity index (χ1) is 13.9. The third-order valence-corrected chi connectivity index (χ3v) is 3.58. The molecule has 0 unspecified atom stereocenters. The van der Waals surface area contributed by atoms with Gasteiger partial charge in [0.1, 0.15) is 0 Å². The molecule has 8 nitrogen and oxygen atoms in total. The number of anilines is 2. The van der Waals surface area contributed by atoms with E-state index in [2.05, 4.69) is 15.4 Å². The van der Waals surface area contributed by atoms with Gasteiger partial charge in [-0.2, -0.15) is 0 Å². The molecule has 0 aliphatic rings. The van der Waals surface area contributed by atoms with Gasteiger partial charge in [0.2, 0.25) is 5.91 Å². The largest absolute Gasteiger partial charge is 0.465 e. The summed E-state index contributed by atoms with van der Waals surface area (Å²) in [6.07, 6.45) is 2.69. The lowest BCUT2D eigenvalue weighted by Crippen LogP contribution is -2.20. The van der Waals surface area contributed by atoms with Gasteiger partial charge in [-0.3, -0.25) is 9.59 Å². The Hall–Kier alpha value is -3.94. The second-order valence-corrected chi connectivity index (χ2v) is 5.86. The van der Waals surface area contributed by atoms with Crippen LogP contribution in [0.15, 0.2) is 54.6 Å². The van der Waals surface area contributed by atoms with Gasteiger partial charge in [-0.05, 0) is 48.0 Å². The molecule has 8 heteroatoms. The number of hydrogen-bond acceptors (Lipinski definition) is 6. The van der Waals surface area contributed by atoms with Gasteiger partial charge in [0.25, 0.3) is 5.91 Å². The number of benzene rings is 2. The van der Waals surface area contributed by atoms with Crippen LogP contribution in [0.1, 0.15) is 22.8 Å². The molecule has 0 bridgehead atoms. The Bertz CT molecular complexity index is 917. The zero-order valence-electron chi connectivity index (χ0n) is 15.9. The quantitative estimate of drug-likeness (QED) is 0.550. The molecular weight excluding hydrogens is 376 g/mol. The van der Waals surface area contributed by atoms with Crippen LogP contribution in [0.3, 0.4) is 0 Å². The topological polar surface area (TPSA) is 111 Å². The number of hydrogen-bond donors (Lipinski definition) is 2. The predicted molar refractivity (Wildman–Crippen MR) is 107 cm³/mol. The molecule has 0 saturated heterocycles. The highest BCUT2D eigenvalue weighted by Gasteiger charge is 2.07. The van der Waals surface area contributed by atoms with Crippen molar-refractivity contribution in [1.82, 2.24) is 0 Å². The third kappa shape index (κ3) is 7.30. The van der Waals surface area contributed by atoms with Crippen molar-refractivity contribution in [1.29, 1.82) is 0 Å². The fourth-order valence-electron chi connectivity index (χ4n) is 2.23. The third-order valence-electron chi connectivity index (χ3n) is 3.58. The summed E-state index contributed by atoms with van der Waals surface area (Å²) in [7, 11) is 1.29. The van der Waals surface area contributed by atoms with Crippen LogP contribution < -0.4 is 10.6 Å². The van der Waals surface area contributed by atoms with E-state index in [4.69, 9.17) is 4.74 Å². The maximum atomic E-state index is 11.9. The number of carbonyl (C=O) groups excluding carboxylic acids is 4. The smallest absolute Gasteiger partial charge is 0.337 e. The molecule has 0 radical (unpaired) electrons. The summed E-state index contributed by atoms with van der Waals surface area (Å²) >= 11 is 0. The minimum absolute atomic E-state index is 0.193. The van der Waals surface area contributed by atoms with E-state index < -0.39 is 24.5 Å². The van der Waals surface area contributed by atoms with Gasteiger partial charge < -0.3 is 20.1 Å². The first-order valence-corrected chi connectivity index (χ1v) is 8.58. The SMILES string of the molecule is COC(=O)c1ccc(/C=C/C(=O)OCC(=O)Nc2ccc(NC(C)=O)cc2)cc1. The number of ether oxygens (including phenoxy) is 2. The lowest BCUT2D eigenvalue weighted by Gasteiger charge is -2.07. The Morgan fingerprint density at radius 3 is 2.03 bits per heavy atom. The Morgan fingerprint density at radius 1 is 0.897 bits per heavy atom. The minimum Gasteiger partial charge on any atom is -0.465 e. The van der Waals surface area contributed by atoms with E-state index in [0.29, 0.717) is 22.5 Å². The summed E-state index contributed by atoms with van der Waals surface area (Å²) in [5, 5.41) is 5.19. The van der Waals surface area contributed by atoms with Crippen LogP contribution in [0.25, 0.3) is 6.08 Å². The summed E-state index contributed by atoms with van der Waals surface area (Å²) in [5.74, 6) is -1.82. The van der Waals surface area contributed by atoms with Crippen LogP contribution in [-0.2, 0) is 23.9 Å². The van der Waals surface area contributed by atoms with Gasteiger partial charge in [0, 0.05) is 24.4 Å². The van der Waals surface area contributed by atoms with E-state index in [1.54, 1.807) is 48.5 Å². The Balaban J connectivity index is 1.79. The first kappa shape index (κ1) is 21.4. The van der Waals surface area contributed by atoms with Gasteiger partial charge >= 0.3 is 11.9 Å². The van der Waals surface area contributed by atoms with E-state index in [1.807, 2.05) is 0 Å². The second kappa shape index (κ2) is 10.4. The molecule has 0 aromatic heterocycles. The second-order valence-electron chi connectivity index (χ2n) is 5.86. The number of methoxy groups -OCH3 is 1. The van der Waals surface area contributed by atoms with Crippen molar-refractivity contribution >= 4 is 41.2 Å². The lowest BCUT2D eigenvalue weighted by atomic mass is 10.1. The van der Waals surface area contributed by atoms with Crippen LogP contribution >= 0.6 is 0 Å². The van der Waals surface area contributed by atoms with Gasteiger partial charge in [0.15, 0.2) is 6.61 Å². The average Bonchev–Trinajstić information content (AvgIpc) is 2.71. The van der Waals surface area contributed by atoms with Crippen molar-refractivity contribution in [3.05, 3.63) is 65.7 Å². The van der Waals surface area contributed by atoms with E-state index in [-0.39, 0.29) is 5.91 Å². The molecule has 0 aliphatic carbocycles. The summed E-state index contributed by atoms with van der Waals surface area (Å²) in [6.45, 7) is 0.952. The normalized spacial score (nSPS) is 10.3. The Labute approximate surface area is 167 Å². The number of amides is 2. The van der Waals surface area contributed by atoms with E-state index in [1.165, 1.54) is 26.2 Å². The summed E-state index contributed by atoms with van der Waals surface area (Å²) < 4.78 is 9.49. The molecule has 2 aromatic carbocycles. The number of nitrogens with one attached hydrogen (secondary N) is 2. The maximum Gasteiger partial charge on any atom is 0.337 e. The zero-order valence-corrected chi connectivity index (χ0v) is 15.9. The van der Waals surface area contributed by atoms with Gasteiger partial charge in [0.05, 0.1) is 12.7 Å². The molecule has 2 N–H and O–H groups in total. The van der Waals surface area contributed by atoms with Crippen LogP contribution in [0.2, 0.25) is 0 Å². The molecule has 0 atom stereocenters. The Morgan fingerprint density at radius 2 is 1.48 bits per heavy atom. The average molecular weight is 396 g/mol. The molecular formula is C21H20N2O6. The minimum atomic E-state index is -0.682. The van der Waals surface area contributed by atoms with Crippen molar-refractivity contribution in [3.63, 3.8) is 0 Å². The summed E-state index contributed by atoms with van der Waals surface area (Å²) in [6, 6.07) is 12.9. The van der Waals surface area contributed by atoms with Gasteiger partial charge in [-0.25, -0.2) is 9.59 Å². The predicted octanol–water partition coefficient (Wildman–Crippen LogP) is 2.63. The lowest BCUT2D eigenvalue weighted by molar-refractivity contribution is -0.142. The van der Waals surface area contributed by atoms with Crippen LogP contribution in [0, 0.1) is 0 Å².